The molecule has 0 saturated carbocycles. The van der Waals surface area contributed by atoms with Crippen molar-refractivity contribution < 1.29 is 14.6 Å². The third-order valence-electron chi connectivity index (χ3n) is 2.71. The summed E-state index contributed by atoms with van der Waals surface area (Å²) in [5.41, 5.74) is 0.557. The van der Waals surface area contributed by atoms with Crippen molar-refractivity contribution >= 4 is 11.0 Å². The second-order valence-corrected chi connectivity index (χ2v) is 4.06. The van der Waals surface area contributed by atoms with Gasteiger partial charge in [0.15, 0.2) is 11.2 Å². The van der Waals surface area contributed by atoms with Crippen molar-refractivity contribution in [2.75, 3.05) is 0 Å². The Balaban J connectivity index is 2.24. The zero-order valence-corrected chi connectivity index (χ0v) is 9.70. The van der Waals surface area contributed by atoms with Gasteiger partial charge in [-0.3, -0.25) is 4.79 Å². The average Bonchev–Trinajstić information content (AvgIpc) is 2.40. The number of nitrogens with zero attached hydrogens (tertiary/aromatic N) is 1. The normalized spacial score (nSPS) is 10.7. The maximum atomic E-state index is 11.9. The van der Waals surface area contributed by atoms with E-state index >= 15 is 0 Å². The summed E-state index contributed by atoms with van der Waals surface area (Å²) in [5, 5.41) is 18.8. The summed E-state index contributed by atoms with van der Waals surface area (Å²) in [5.74, 6) is 0.357. The van der Waals surface area contributed by atoms with Crippen molar-refractivity contribution in [1.29, 1.82) is 0 Å². The minimum Gasteiger partial charge on any atom is -0.508 e. The molecule has 5 heteroatoms. The summed E-state index contributed by atoms with van der Waals surface area (Å²) in [6.45, 7) is 0. The molecule has 2 heterocycles. The molecule has 0 unspecified atom stereocenters. The van der Waals surface area contributed by atoms with E-state index in [0.29, 0.717) is 22.4 Å². The second-order valence-electron chi connectivity index (χ2n) is 4.06. The van der Waals surface area contributed by atoms with Gasteiger partial charge in [0.05, 0.1) is 11.6 Å². The molecule has 0 fully saturated rings. The largest absolute Gasteiger partial charge is 0.508 e. The maximum Gasteiger partial charge on any atom is 0.193 e. The lowest BCUT2D eigenvalue weighted by molar-refractivity contribution is 0.472. The fraction of sp³-hybridized carbons (Fsp3) is 0. The molecule has 0 spiro atoms. The topological polar surface area (TPSA) is 83.6 Å². The molecule has 0 saturated heterocycles. The Morgan fingerprint density at radius 1 is 1.00 bits per heavy atom. The van der Waals surface area contributed by atoms with E-state index in [4.69, 9.17) is 4.42 Å². The van der Waals surface area contributed by atoms with Gasteiger partial charge in [-0.15, -0.1) is 0 Å². The van der Waals surface area contributed by atoms with Crippen LogP contribution in [0.3, 0.4) is 0 Å². The van der Waals surface area contributed by atoms with E-state index in [9.17, 15) is 15.0 Å². The van der Waals surface area contributed by atoms with Gasteiger partial charge in [-0.1, -0.05) is 0 Å². The molecule has 2 N–H and O–H groups in total. The molecule has 1 aromatic carbocycles. The number of fused-ring (bicyclic) bond motifs is 1. The van der Waals surface area contributed by atoms with E-state index in [2.05, 4.69) is 4.98 Å². The molecule has 5 nitrogen and oxygen atoms in total. The Morgan fingerprint density at radius 2 is 1.79 bits per heavy atom. The van der Waals surface area contributed by atoms with Gasteiger partial charge in [0, 0.05) is 6.07 Å². The van der Waals surface area contributed by atoms with E-state index in [1.165, 1.54) is 36.5 Å². The Hall–Kier alpha value is -2.82. The average molecular weight is 255 g/mol. The lowest BCUT2D eigenvalue weighted by Crippen LogP contribution is -2.00. The van der Waals surface area contributed by atoms with Crippen molar-refractivity contribution in [1.82, 2.24) is 4.98 Å². The molecular weight excluding hydrogens is 246 g/mol. The summed E-state index contributed by atoms with van der Waals surface area (Å²) in [7, 11) is 0. The van der Waals surface area contributed by atoms with E-state index < -0.39 is 0 Å². The molecule has 0 aliphatic rings. The molecular formula is C14H9NO4. The summed E-state index contributed by atoms with van der Waals surface area (Å²) in [6, 6.07) is 8.65. The number of rotatable bonds is 1. The Morgan fingerprint density at radius 3 is 2.53 bits per heavy atom. The number of hydrogen-bond acceptors (Lipinski definition) is 5. The van der Waals surface area contributed by atoms with Gasteiger partial charge in [-0.05, 0) is 30.3 Å². The number of benzene rings is 1. The van der Waals surface area contributed by atoms with Crippen LogP contribution < -0.4 is 5.43 Å². The fourth-order valence-electron chi connectivity index (χ4n) is 1.80. The van der Waals surface area contributed by atoms with Gasteiger partial charge in [-0.2, -0.15) is 0 Å². The predicted molar refractivity (Wildman–Crippen MR) is 69.0 cm³/mol. The highest BCUT2D eigenvalue weighted by Crippen LogP contribution is 2.23. The zero-order chi connectivity index (χ0) is 13.4. The van der Waals surface area contributed by atoms with Crippen LogP contribution >= 0.6 is 0 Å². The monoisotopic (exact) mass is 255 g/mol. The first-order valence-corrected chi connectivity index (χ1v) is 5.56. The standard InChI is InChI=1S/C14H9NO4/c16-8-2-4-13-10(5-8)12(18)6-14(19-13)11-3-1-9(17)7-15-11/h1-7,16-17H. The van der Waals surface area contributed by atoms with Crippen LogP contribution in [-0.2, 0) is 0 Å². The molecule has 0 aliphatic carbocycles. The van der Waals surface area contributed by atoms with Gasteiger partial charge < -0.3 is 14.6 Å². The highest BCUT2D eigenvalue weighted by atomic mass is 16.3. The van der Waals surface area contributed by atoms with Crippen molar-refractivity contribution in [3.63, 3.8) is 0 Å². The molecule has 0 bridgehead atoms. The van der Waals surface area contributed by atoms with Gasteiger partial charge in [0.25, 0.3) is 0 Å². The van der Waals surface area contributed by atoms with Crippen molar-refractivity contribution in [2.24, 2.45) is 0 Å². The summed E-state index contributed by atoms with van der Waals surface area (Å²) in [6.07, 6.45) is 1.27. The van der Waals surface area contributed by atoms with Crippen LogP contribution in [0.15, 0.2) is 51.8 Å². The van der Waals surface area contributed by atoms with Gasteiger partial charge in [0.2, 0.25) is 0 Å². The molecule has 0 aliphatic heterocycles. The minimum atomic E-state index is -0.262. The van der Waals surface area contributed by atoms with E-state index in [1.54, 1.807) is 6.07 Å². The molecule has 3 rings (SSSR count). The number of pyridine rings is 1. The number of aromatic nitrogens is 1. The van der Waals surface area contributed by atoms with E-state index in [0.717, 1.165) is 0 Å². The first kappa shape index (κ1) is 11.3. The van der Waals surface area contributed by atoms with E-state index in [1.807, 2.05) is 0 Å². The third-order valence-corrected chi connectivity index (χ3v) is 2.71. The van der Waals surface area contributed by atoms with E-state index in [-0.39, 0.29) is 16.9 Å². The van der Waals surface area contributed by atoms with Crippen LogP contribution in [0.4, 0.5) is 0 Å². The molecule has 0 amide bonds. The highest BCUT2D eigenvalue weighted by molar-refractivity contribution is 5.79. The van der Waals surface area contributed by atoms with Gasteiger partial charge >= 0.3 is 0 Å². The number of aromatic hydroxyl groups is 2. The molecule has 3 aromatic rings. The summed E-state index contributed by atoms with van der Waals surface area (Å²) in [4.78, 5) is 15.9. The second kappa shape index (κ2) is 4.13. The fourth-order valence-corrected chi connectivity index (χ4v) is 1.80. The van der Waals surface area contributed by atoms with Crippen LogP contribution in [0, 0.1) is 0 Å². The minimum absolute atomic E-state index is 0.00954. The lowest BCUT2D eigenvalue weighted by atomic mass is 10.2. The molecule has 94 valence electrons. The van der Waals surface area contributed by atoms with Crippen LogP contribution in [0.1, 0.15) is 0 Å². The first-order chi connectivity index (χ1) is 9.13. The number of phenolic OH excluding ortho intramolecular Hbond substituents is 1. The summed E-state index contributed by atoms with van der Waals surface area (Å²) < 4.78 is 5.57. The van der Waals surface area contributed by atoms with Crippen LogP contribution in [0.2, 0.25) is 0 Å². The highest BCUT2D eigenvalue weighted by Gasteiger charge is 2.08. The van der Waals surface area contributed by atoms with Gasteiger partial charge in [0.1, 0.15) is 22.8 Å². The molecule has 19 heavy (non-hydrogen) atoms. The Kier molecular flexibility index (Phi) is 2.45. The van der Waals surface area contributed by atoms with Crippen LogP contribution in [-0.4, -0.2) is 15.2 Å². The van der Waals surface area contributed by atoms with Crippen LogP contribution in [0.5, 0.6) is 11.5 Å². The Bertz CT molecular complexity index is 806. The first-order valence-electron chi connectivity index (χ1n) is 5.56. The molecule has 2 aromatic heterocycles. The van der Waals surface area contributed by atoms with Crippen LogP contribution in [0.25, 0.3) is 22.4 Å². The van der Waals surface area contributed by atoms with Gasteiger partial charge in [-0.25, -0.2) is 4.98 Å². The number of hydrogen-bond donors (Lipinski definition) is 2. The maximum absolute atomic E-state index is 11.9. The van der Waals surface area contributed by atoms with Crippen molar-refractivity contribution in [2.45, 2.75) is 0 Å². The molecule has 0 atom stereocenters. The SMILES string of the molecule is O=c1cc(-c2ccc(O)cn2)oc2ccc(O)cc12. The smallest absolute Gasteiger partial charge is 0.193 e. The summed E-state index contributed by atoms with van der Waals surface area (Å²) >= 11 is 0. The zero-order valence-electron chi connectivity index (χ0n) is 9.70. The van der Waals surface area contributed by atoms with Crippen molar-refractivity contribution in [3.8, 4) is 23.0 Å². The molecule has 0 radical (unpaired) electrons. The van der Waals surface area contributed by atoms with Crippen molar-refractivity contribution in [3.05, 3.63) is 52.8 Å². The third kappa shape index (κ3) is 2.01. The number of phenols is 1. The quantitative estimate of drug-likeness (QED) is 0.696. The Labute approximate surface area is 107 Å². The predicted octanol–water partition coefficient (Wildman–Crippen LogP) is 2.27. The lowest BCUT2D eigenvalue weighted by Gasteiger charge is -2.03.